The zero-order valence-corrected chi connectivity index (χ0v) is 14.4. The normalized spacial score (nSPS) is 19.6. The molecule has 1 aromatic heterocycles. The molecule has 1 atom stereocenters. The van der Waals surface area contributed by atoms with Crippen molar-refractivity contribution in [2.45, 2.75) is 17.4 Å². The van der Waals surface area contributed by atoms with Crippen LogP contribution in [0.1, 0.15) is 6.42 Å². The van der Waals surface area contributed by atoms with Crippen LogP contribution >= 0.6 is 27.7 Å². The molecule has 2 rings (SSSR count). The molecule has 0 aliphatic carbocycles. The van der Waals surface area contributed by atoms with E-state index in [0.29, 0.717) is 17.6 Å². The smallest absolute Gasteiger partial charge is 0.245 e. The Balaban J connectivity index is 2.30. The summed E-state index contributed by atoms with van der Waals surface area (Å²) in [5.74, 6) is 1.84. The van der Waals surface area contributed by atoms with Gasteiger partial charge in [-0.25, -0.2) is 8.42 Å². The molecule has 0 spiro atoms. The predicted molar refractivity (Wildman–Crippen MR) is 83.4 cm³/mol. The number of sulfonamides is 1. The van der Waals surface area contributed by atoms with Gasteiger partial charge >= 0.3 is 0 Å². The molecule has 2 heterocycles. The fourth-order valence-electron chi connectivity index (χ4n) is 2.10. The van der Waals surface area contributed by atoms with Crippen LogP contribution < -0.4 is 0 Å². The van der Waals surface area contributed by atoms with Gasteiger partial charge in [0.25, 0.3) is 0 Å². The second-order valence-corrected chi connectivity index (χ2v) is 8.42. The number of ether oxygens (including phenoxy) is 1. The summed E-state index contributed by atoms with van der Waals surface area (Å²) in [5, 5.41) is 0. The summed E-state index contributed by atoms with van der Waals surface area (Å²) in [5.41, 5.74) is 0. The first kappa shape index (κ1) is 16.2. The Hall–Kier alpha value is -0.150. The standard InChI is InChI=1S/C12H17BrN2O3S2/c1-18-4-3-15(11-2-5-19-9-11)20(16,17)12-6-10(13)7-14-8-12/h6-8,11H,2-5,9H2,1H3. The first-order valence-corrected chi connectivity index (χ1v) is 9.63. The molecule has 0 bridgehead atoms. The first-order valence-electron chi connectivity index (χ1n) is 6.25. The van der Waals surface area contributed by atoms with Crippen molar-refractivity contribution in [3.63, 3.8) is 0 Å². The Morgan fingerprint density at radius 1 is 1.55 bits per heavy atom. The molecule has 0 N–H and O–H groups in total. The van der Waals surface area contributed by atoms with E-state index >= 15 is 0 Å². The van der Waals surface area contributed by atoms with Gasteiger partial charge in [0.2, 0.25) is 10.0 Å². The Kier molecular flexibility index (Phi) is 5.85. The minimum absolute atomic E-state index is 0.0409. The van der Waals surface area contributed by atoms with Crippen molar-refractivity contribution in [2.75, 3.05) is 31.8 Å². The number of rotatable bonds is 6. The van der Waals surface area contributed by atoms with Gasteiger partial charge in [0, 0.05) is 42.3 Å². The van der Waals surface area contributed by atoms with Crippen molar-refractivity contribution in [3.8, 4) is 0 Å². The lowest BCUT2D eigenvalue weighted by atomic mass is 10.3. The maximum atomic E-state index is 12.8. The Bertz CT molecular complexity index is 547. The summed E-state index contributed by atoms with van der Waals surface area (Å²) in [6.45, 7) is 0.762. The monoisotopic (exact) mass is 380 g/mol. The molecule has 0 aromatic carbocycles. The van der Waals surface area contributed by atoms with Gasteiger partial charge in [-0.05, 0) is 34.2 Å². The molecule has 0 amide bonds. The topological polar surface area (TPSA) is 59.5 Å². The maximum absolute atomic E-state index is 12.8. The number of hydrogen-bond donors (Lipinski definition) is 0. The average Bonchev–Trinajstić information content (AvgIpc) is 2.93. The van der Waals surface area contributed by atoms with E-state index in [4.69, 9.17) is 4.74 Å². The lowest BCUT2D eigenvalue weighted by Gasteiger charge is -2.27. The van der Waals surface area contributed by atoms with Gasteiger partial charge in [-0.2, -0.15) is 16.1 Å². The van der Waals surface area contributed by atoms with Crippen LogP contribution in [0.4, 0.5) is 0 Å². The Morgan fingerprint density at radius 2 is 2.35 bits per heavy atom. The molecule has 20 heavy (non-hydrogen) atoms. The minimum Gasteiger partial charge on any atom is -0.383 e. The van der Waals surface area contributed by atoms with Crippen molar-refractivity contribution in [3.05, 3.63) is 22.9 Å². The van der Waals surface area contributed by atoms with E-state index in [1.807, 2.05) is 0 Å². The highest BCUT2D eigenvalue weighted by atomic mass is 79.9. The van der Waals surface area contributed by atoms with Crippen LogP contribution in [0.2, 0.25) is 0 Å². The highest BCUT2D eigenvalue weighted by Crippen LogP contribution is 2.28. The summed E-state index contributed by atoms with van der Waals surface area (Å²) < 4.78 is 32.8. The lowest BCUT2D eigenvalue weighted by molar-refractivity contribution is 0.169. The molecule has 1 aliphatic heterocycles. The molecule has 1 fully saturated rings. The van der Waals surface area contributed by atoms with Gasteiger partial charge in [0.05, 0.1) is 6.61 Å². The average molecular weight is 381 g/mol. The summed E-state index contributed by atoms with van der Waals surface area (Å²) in [4.78, 5) is 4.17. The molecule has 0 saturated carbocycles. The third-order valence-corrected chi connectivity index (χ3v) is 6.61. The highest BCUT2D eigenvalue weighted by Gasteiger charge is 2.33. The Labute approximate surface area is 132 Å². The molecular weight excluding hydrogens is 364 g/mol. The SMILES string of the molecule is COCCN(C1CCSC1)S(=O)(=O)c1cncc(Br)c1. The fourth-order valence-corrected chi connectivity index (χ4v) is 5.56. The van der Waals surface area contributed by atoms with Gasteiger partial charge in [0.1, 0.15) is 4.90 Å². The van der Waals surface area contributed by atoms with Gasteiger partial charge < -0.3 is 4.74 Å². The van der Waals surface area contributed by atoms with E-state index in [1.54, 1.807) is 35.4 Å². The van der Waals surface area contributed by atoms with E-state index < -0.39 is 10.0 Å². The molecule has 8 heteroatoms. The maximum Gasteiger partial charge on any atom is 0.245 e. The second-order valence-electron chi connectivity index (χ2n) is 4.46. The second kappa shape index (κ2) is 7.22. The molecule has 112 valence electrons. The lowest BCUT2D eigenvalue weighted by Crippen LogP contribution is -2.42. The number of aromatic nitrogens is 1. The van der Waals surface area contributed by atoms with Crippen LogP contribution in [-0.4, -0.2) is 55.5 Å². The third-order valence-electron chi connectivity index (χ3n) is 3.12. The zero-order chi connectivity index (χ0) is 14.6. The molecular formula is C12H17BrN2O3S2. The van der Waals surface area contributed by atoms with Crippen LogP contribution in [0.3, 0.4) is 0 Å². The number of thioether (sulfide) groups is 1. The summed E-state index contributed by atoms with van der Waals surface area (Å²) in [7, 11) is -1.95. The Morgan fingerprint density at radius 3 is 2.95 bits per heavy atom. The van der Waals surface area contributed by atoms with Crippen molar-refractivity contribution < 1.29 is 13.2 Å². The number of nitrogens with zero attached hydrogens (tertiary/aromatic N) is 2. The molecule has 0 radical (unpaired) electrons. The predicted octanol–water partition coefficient (Wildman–Crippen LogP) is 1.99. The van der Waals surface area contributed by atoms with Crippen molar-refractivity contribution in [1.29, 1.82) is 0 Å². The van der Waals surface area contributed by atoms with Gasteiger partial charge in [-0.3, -0.25) is 4.98 Å². The van der Waals surface area contributed by atoms with E-state index in [2.05, 4.69) is 20.9 Å². The van der Waals surface area contributed by atoms with Crippen LogP contribution in [0.15, 0.2) is 27.8 Å². The number of halogens is 1. The van der Waals surface area contributed by atoms with Crippen molar-refractivity contribution in [1.82, 2.24) is 9.29 Å². The zero-order valence-electron chi connectivity index (χ0n) is 11.2. The van der Waals surface area contributed by atoms with Gasteiger partial charge in [-0.1, -0.05) is 0 Å². The highest BCUT2D eigenvalue weighted by molar-refractivity contribution is 9.10. The van der Waals surface area contributed by atoms with Crippen LogP contribution in [-0.2, 0) is 14.8 Å². The largest absolute Gasteiger partial charge is 0.383 e. The van der Waals surface area contributed by atoms with Crippen LogP contribution in [0.5, 0.6) is 0 Å². The molecule has 1 unspecified atom stereocenters. The van der Waals surface area contributed by atoms with E-state index in [9.17, 15) is 8.42 Å². The number of hydrogen-bond acceptors (Lipinski definition) is 5. The first-order chi connectivity index (χ1) is 9.55. The molecule has 1 aromatic rings. The van der Waals surface area contributed by atoms with Crippen molar-refractivity contribution >= 4 is 37.7 Å². The van der Waals surface area contributed by atoms with Crippen LogP contribution in [0, 0.1) is 0 Å². The molecule has 5 nitrogen and oxygen atoms in total. The fraction of sp³-hybridized carbons (Fsp3) is 0.583. The quantitative estimate of drug-likeness (QED) is 0.754. The minimum atomic E-state index is -3.53. The van der Waals surface area contributed by atoms with Gasteiger partial charge in [-0.15, -0.1) is 0 Å². The van der Waals surface area contributed by atoms with E-state index in [1.165, 1.54) is 6.20 Å². The summed E-state index contributed by atoms with van der Waals surface area (Å²) in [6.07, 6.45) is 3.85. The summed E-state index contributed by atoms with van der Waals surface area (Å²) >= 11 is 5.05. The van der Waals surface area contributed by atoms with E-state index in [0.717, 1.165) is 17.9 Å². The van der Waals surface area contributed by atoms with Crippen molar-refractivity contribution in [2.24, 2.45) is 0 Å². The number of methoxy groups -OCH3 is 1. The molecule has 1 aliphatic rings. The third kappa shape index (κ3) is 3.73. The van der Waals surface area contributed by atoms with E-state index in [-0.39, 0.29) is 10.9 Å². The van der Waals surface area contributed by atoms with Crippen LogP contribution in [0.25, 0.3) is 0 Å². The molecule has 1 saturated heterocycles. The number of pyridine rings is 1. The summed E-state index contributed by atoms with van der Waals surface area (Å²) in [6, 6.07) is 1.63. The van der Waals surface area contributed by atoms with Gasteiger partial charge in [0.15, 0.2) is 0 Å².